The second-order valence-electron chi connectivity index (χ2n) is 4.43. The highest BCUT2D eigenvalue weighted by atomic mass is 16.5. The normalized spacial score (nSPS) is 23.3. The molecule has 1 saturated carbocycles. The molecule has 1 aromatic rings. The Morgan fingerprint density at radius 2 is 2.06 bits per heavy atom. The van der Waals surface area contributed by atoms with Crippen molar-refractivity contribution in [1.82, 2.24) is 5.32 Å². The lowest BCUT2D eigenvalue weighted by molar-refractivity contribution is 0.136. The third-order valence-corrected chi connectivity index (χ3v) is 3.02. The third kappa shape index (κ3) is 3.32. The zero-order valence-corrected chi connectivity index (χ0v) is 9.99. The topological polar surface area (TPSA) is 21.3 Å². The van der Waals surface area contributed by atoms with Gasteiger partial charge in [0.25, 0.3) is 0 Å². The fourth-order valence-corrected chi connectivity index (χ4v) is 2.05. The second-order valence-corrected chi connectivity index (χ2v) is 4.43. The van der Waals surface area contributed by atoms with E-state index in [1.807, 2.05) is 0 Å². The smallest absolute Gasteiger partial charge is 0.0591 e. The van der Waals surface area contributed by atoms with Gasteiger partial charge in [-0.1, -0.05) is 37.3 Å². The van der Waals surface area contributed by atoms with Gasteiger partial charge in [0.2, 0.25) is 0 Å². The summed E-state index contributed by atoms with van der Waals surface area (Å²) in [5, 5.41) is 3.54. The van der Waals surface area contributed by atoms with Gasteiger partial charge in [0.15, 0.2) is 0 Å². The van der Waals surface area contributed by atoms with E-state index in [1.165, 1.54) is 12.0 Å². The average molecular weight is 219 g/mol. The first-order valence-corrected chi connectivity index (χ1v) is 6.28. The summed E-state index contributed by atoms with van der Waals surface area (Å²) in [5.74, 6) is 0.729. The van der Waals surface area contributed by atoms with Crippen molar-refractivity contribution in [2.24, 2.45) is 0 Å². The van der Waals surface area contributed by atoms with Gasteiger partial charge in [-0.3, -0.25) is 0 Å². The van der Waals surface area contributed by atoms with Gasteiger partial charge in [0.1, 0.15) is 0 Å². The summed E-state index contributed by atoms with van der Waals surface area (Å²) in [5.41, 5.74) is 1.47. The van der Waals surface area contributed by atoms with Crippen LogP contribution in [0.5, 0.6) is 0 Å². The molecule has 2 atom stereocenters. The van der Waals surface area contributed by atoms with Crippen LogP contribution in [0.2, 0.25) is 0 Å². The van der Waals surface area contributed by atoms with Gasteiger partial charge in [-0.05, 0) is 18.4 Å². The van der Waals surface area contributed by atoms with Crippen LogP contribution >= 0.6 is 0 Å². The van der Waals surface area contributed by atoms with Crippen LogP contribution in [0.4, 0.5) is 0 Å². The highest BCUT2D eigenvalue weighted by Crippen LogP contribution is 2.40. The Morgan fingerprint density at radius 3 is 2.81 bits per heavy atom. The minimum atomic E-state index is 0.674. The first-order valence-electron chi connectivity index (χ1n) is 6.28. The summed E-state index contributed by atoms with van der Waals surface area (Å²) in [6.45, 7) is 4.84. The van der Waals surface area contributed by atoms with E-state index < -0.39 is 0 Å². The molecule has 16 heavy (non-hydrogen) atoms. The maximum atomic E-state index is 5.44. The van der Waals surface area contributed by atoms with E-state index >= 15 is 0 Å². The molecule has 1 aromatic carbocycles. The fraction of sp³-hybridized carbons (Fsp3) is 0.571. The maximum Gasteiger partial charge on any atom is 0.0591 e. The average Bonchev–Trinajstić information content (AvgIpc) is 3.10. The summed E-state index contributed by atoms with van der Waals surface area (Å²) in [7, 11) is 0. The molecule has 0 bridgehead atoms. The molecule has 1 aliphatic carbocycles. The standard InChI is InChI=1S/C14H21NO/c1-2-9-16-10-8-15-14-11-13(14)12-6-4-3-5-7-12/h3-7,13-15H,2,8-11H2,1H3. The monoisotopic (exact) mass is 219 g/mol. The van der Waals surface area contributed by atoms with E-state index in [4.69, 9.17) is 4.74 Å². The summed E-state index contributed by atoms with van der Waals surface area (Å²) in [6, 6.07) is 11.4. The maximum absolute atomic E-state index is 5.44. The molecule has 2 heteroatoms. The van der Waals surface area contributed by atoms with Crippen molar-refractivity contribution in [3.05, 3.63) is 35.9 Å². The quantitative estimate of drug-likeness (QED) is 0.712. The summed E-state index contributed by atoms with van der Waals surface area (Å²) >= 11 is 0. The van der Waals surface area contributed by atoms with E-state index in [2.05, 4.69) is 42.6 Å². The van der Waals surface area contributed by atoms with Crippen molar-refractivity contribution in [2.45, 2.75) is 31.7 Å². The third-order valence-electron chi connectivity index (χ3n) is 3.02. The predicted octanol–water partition coefficient (Wildman–Crippen LogP) is 2.56. The van der Waals surface area contributed by atoms with Crippen LogP contribution in [0.15, 0.2) is 30.3 Å². The minimum absolute atomic E-state index is 0.674. The Hall–Kier alpha value is -0.860. The van der Waals surface area contributed by atoms with Gasteiger partial charge >= 0.3 is 0 Å². The summed E-state index contributed by atoms with van der Waals surface area (Å²) < 4.78 is 5.44. The first kappa shape index (κ1) is 11.6. The Labute approximate surface area is 98.0 Å². The van der Waals surface area contributed by atoms with Gasteiger partial charge in [0.05, 0.1) is 6.61 Å². The highest BCUT2D eigenvalue weighted by molar-refractivity contribution is 5.27. The van der Waals surface area contributed by atoms with Crippen LogP contribution in [-0.2, 0) is 4.74 Å². The minimum Gasteiger partial charge on any atom is -0.380 e. The van der Waals surface area contributed by atoms with Gasteiger partial charge in [-0.15, -0.1) is 0 Å². The number of benzene rings is 1. The lowest BCUT2D eigenvalue weighted by Gasteiger charge is -2.05. The van der Waals surface area contributed by atoms with Crippen molar-refractivity contribution >= 4 is 0 Å². The van der Waals surface area contributed by atoms with Crippen molar-refractivity contribution in [3.8, 4) is 0 Å². The van der Waals surface area contributed by atoms with E-state index in [0.29, 0.717) is 6.04 Å². The number of rotatable bonds is 7. The Balaban J connectivity index is 1.61. The Morgan fingerprint density at radius 1 is 1.25 bits per heavy atom. The predicted molar refractivity (Wildman–Crippen MR) is 66.7 cm³/mol. The van der Waals surface area contributed by atoms with Gasteiger partial charge in [-0.25, -0.2) is 0 Å². The molecular weight excluding hydrogens is 198 g/mol. The molecule has 0 aromatic heterocycles. The van der Waals surface area contributed by atoms with Crippen LogP contribution in [-0.4, -0.2) is 25.8 Å². The molecule has 0 saturated heterocycles. The molecule has 1 fully saturated rings. The van der Waals surface area contributed by atoms with Crippen molar-refractivity contribution in [1.29, 1.82) is 0 Å². The Bertz CT molecular complexity index is 299. The van der Waals surface area contributed by atoms with E-state index in [-0.39, 0.29) is 0 Å². The summed E-state index contributed by atoms with van der Waals surface area (Å²) in [4.78, 5) is 0. The molecule has 0 amide bonds. The SMILES string of the molecule is CCCOCCNC1CC1c1ccccc1. The number of ether oxygens (including phenoxy) is 1. The van der Waals surface area contributed by atoms with Crippen LogP contribution < -0.4 is 5.32 Å². The van der Waals surface area contributed by atoms with Crippen molar-refractivity contribution < 1.29 is 4.74 Å². The molecule has 1 aliphatic rings. The van der Waals surface area contributed by atoms with Crippen LogP contribution in [0.1, 0.15) is 31.2 Å². The van der Waals surface area contributed by atoms with E-state index in [0.717, 1.165) is 32.1 Å². The molecule has 1 N–H and O–H groups in total. The lowest BCUT2D eigenvalue weighted by Crippen LogP contribution is -2.23. The van der Waals surface area contributed by atoms with Gasteiger partial charge in [0, 0.05) is 25.1 Å². The zero-order chi connectivity index (χ0) is 11.2. The molecule has 2 rings (SSSR count). The highest BCUT2D eigenvalue weighted by Gasteiger charge is 2.37. The van der Waals surface area contributed by atoms with E-state index in [1.54, 1.807) is 0 Å². The molecule has 2 nitrogen and oxygen atoms in total. The largest absolute Gasteiger partial charge is 0.380 e. The van der Waals surface area contributed by atoms with Crippen LogP contribution in [0, 0.1) is 0 Å². The first-order chi connectivity index (χ1) is 7.92. The van der Waals surface area contributed by atoms with Gasteiger partial charge in [-0.2, -0.15) is 0 Å². The lowest BCUT2D eigenvalue weighted by atomic mass is 10.1. The Kier molecular flexibility index (Phi) is 4.37. The zero-order valence-electron chi connectivity index (χ0n) is 9.99. The molecule has 0 radical (unpaired) electrons. The molecule has 2 unspecified atom stereocenters. The number of nitrogens with one attached hydrogen (secondary N) is 1. The van der Waals surface area contributed by atoms with Crippen molar-refractivity contribution in [2.75, 3.05) is 19.8 Å². The van der Waals surface area contributed by atoms with Crippen LogP contribution in [0.25, 0.3) is 0 Å². The number of hydrogen-bond acceptors (Lipinski definition) is 2. The summed E-state index contributed by atoms with van der Waals surface area (Å²) in [6.07, 6.45) is 2.38. The van der Waals surface area contributed by atoms with Gasteiger partial charge < -0.3 is 10.1 Å². The molecule has 0 spiro atoms. The molecule has 0 heterocycles. The molecule has 88 valence electrons. The second kappa shape index (κ2) is 6.02. The van der Waals surface area contributed by atoms with E-state index in [9.17, 15) is 0 Å². The molecular formula is C14H21NO. The number of hydrogen-bond donors (Lipinski definition) is 1. The van der Waals surface area contributed by atoms with Crippen LogP contribution in [0.3, 0.4) is 0 Å². The fourth-order valence-electron chi connectivity index (χ4n) is 2.05. The van der Waals surface area contributed by atoms with Crippen molar-refractivity contribution in [3.63, 3.8) is 0 Å². The molecule has 0 aliphatic heterocycles.